The molecule has 0 saturated heterocycles. The van der Waals surface area contributed by atoms with Gasteiger partial charge >= 0.3 is 0 Å². The highest BCUT2D eigenvalue weighted by atomic mass is 16.1. The van der Waals surface area contributed by atoms with E-state index in [1.165, 1.54) is 35.1 Å². The van der Waals surface area contributed by atoms with Crippen molar-refractivity contribution >= 4 is 5.78 Å². The van der Waals surface area contributed by atoms with E-state index in [0.717, 1.165) is 35.8 Å². The van der Waals surface area contributed by atoms with Gasteiger partial charge in [0.2, 0.25) is 0 Å². The van der Waals surface area contributed by atoms with Crippen molar-refractivity contribution in [3.63, 3.8) is 0 Å². The van der Waals surface area contributed by atoms with Gasteiger partial charge in [-0.15, -0.1) is 0 Å². The number of nitrogens with zero attached hydrogens (tertiary/aromatic N) is 2. The molecule has 0 spiro atoms. The summed E-state index contributed by atoms with van der Waals surface area (Å²) in [5.41, 5.74) is 8.45. The van der Waals surface area contributed by atoms with Gasteiger partial charge in [-0.25, -0.2) is 4.68 Å². The van der Waals surface area contributed by atoms with E-state index in [1.807, 2.05) is 25.1 Å². The molecule has 0 radical (unpaired) electrons. The Hall–Kier alpha value is -3.50. The van der Waals surface area contributed by atoms with E-state index < -0.39 is 0 Å². The first-order chi connectivity index (χ1) is 17.5. The van der Waals surface area contributed by atoms with Crippen LogP contribution in [0.15, 0.2) is 78.9 Å². The largest absolute Gasteiger partial charge is 0.306 e. The van der Waals surface area contributed by atoms with E-state index in [0.29, 0.717) is 12.1 Å². The molecule has 1 aliphatic carbocycles. The number of carbonyl (C=O) groups is 1. The molecule has 4 aromatic rings. The van der Waals surface area contributed by atoms with Gasteiger partial charge in [0.25, 0.3) is 0 Å². The van der Waals surface area contributed by atoms with Gasteiger partial charge in [0, 0.05) is 6.42 Å². The summed E-state index contributed by atoms with van der Waals surface area (Å²) in [5, 5.41) is 8.46. The van der Waals surface area contributed by atoms with Gasteiger partial charge in [-0.3, -0.25) is 4.79 Å². The molecule has 4 heteroatoms. The zero-order valence-electron chi connectivity index (χ0n) is 21.5. The number of aryl methyl sites for hydroxylation is 3. The molecule has 1 aliphatic rings. The molecule has 1 atom stereocenters. The third-order valence-electron chi connectivity index (χ3n) is 7.14. The molecule has 3 aromatic carbocycles. The van der Waals surface area contributed by atoms with E-state index >= 15 is 0 Å². The van der Waals surface area contributed by atoms with Gasteiger partial charge < -0.3 is 5.32 Å². The number of Topliss-reactive ketones (excluding diaryl/α,β-unsaturated/α-hetero) is 1. The number of benzene rings is 3. The Balaban J connectivity index is 1.42. The van der Waals surface area contributed by atoms with Crippen LogP contribution < -0.4 is 5.32 Å². The Bertz CT molecular complexity index is 1370. The number of ketones is 1. The van der Waals surface area contributed by atoms with Crippen molar-refractivity contribution in [1.82, 2.24) is 15.1 Å². The summed E-state index contributed by atoms with van der Waals surface area (Å²) in [6.45, 7) is 7.27. The van der Waals surface area contributed by atoms with Crippen LogP contribution in [0.2, 0.25) is 0 Å². The molecule has 1 heterocycles. The molecule has 0 aliphatic heterocycles. The Labute approximate surface area is 214 Å². The van der Waals surface area contributed by atoms with Crippen molar-refractivity contribution < 1.29 is 4.79 Å². The van der Waals surface area contributed by atoms with Crippen LogP contribution in [0, 0.1) is 19.8 Å². The molecule has 1 N–H and O–H groups in total. The summed E-state index contributed by atoms with van der Waals surface area (Å²) in [4.78, 5) is 13.5. The van der Waals surface area contributed by atoms with Gasteiger partial charge in [0.05, 0.1) is 17.4 Å². The van der Waals surface area contributed by atoms with Crippen LogP contribution in [0.1, 0.15) is 69.8 Å². The van der Waals surface area contributed by atoms with E-state index in [4.69, 9.17) is 0 Å². The van der Waals surface area contributed by atoms with Crippen LogP contribution in [0.25, 0.3) is 5.69 Å². The van der Waals surface area contributed by atoms with Crippen molar-refractivity contribution in [3.05, 3.63) is 118 Å². The molecule has 4 nitrogen and oxygen atoms in total. The lowest BCUT2D eigenvalue weighted by molar-refractivity contribution is 0.0985. The summed E-state index contributed by atoms with van der Waals surface area (Å²) < 4.78 is 1.80. The minimum Gasteiger partial charge on any atom is -0.306 e. The highest BCUT2D eigenvalue weighted by Gasteiger charge is 2.24. The summed E-state index contributed by atoms with van der Waals surface area (Å²) in [7, 11) is 0. The molecule has 1 aromatic heterocycles. The average molecular weight is 478 g/mol. The molecule has 1 unspecified atom stereocenters. The quantitative estimate of drug-likeness (QED) is 0.263. The van der Waals surface area contributed by atoms with Crippen molar-refractivity contribution in [1.29, 1.82) is 0 Å². The number of rotatable bonds is 10. The summed E-state index contributed by atoms with van der Waals surface area (Å²) in [6.07, 6.45) is 3.92. The van der Waals surface area contributed by atoms with Gasteiger partial charge in [0.15, 0.2) is 5.78 Å². The second-order valence-corrected chi connectivity index (χ2v) is 10.1. The van der Waals surface area contributed by atoms with Crippen LogP contribution in [0.5, 0.6) is 0 Å². The van der Waals surface area contributed by atoms with Crippen molar-refractivity contribution in [3.8, 4) is 5.69 Å². The first-order valence-corrected chi connectivity index (χ1v) is 13.1. The van der Waals surface area contributed by atoms with Crippen molar-refractivity contribution in [2.24, 2.45) is 5.92 Å². The highest BCUT2D eigenvalue weighted by Crippen LogP contribution is 2.31. The van der Waals surface area contributed by atoms with Gasteiger partial charge in [-0.05, 0) is 91.6 Å². The van der Waals surface area contributed by atoms with Gasteiger partial charge in [-0.2, -0.15) is 5.10 Å². The fourth-order valence-corrected chi connectivity index (χ4v) is 4.89. The van der Waals surface area contributed by atoms with Crippen LogP contribution >= 0.6 is 0 Å². The molecule has 184 valence electrons. The normalized spacial score (nSPS) is 14.1. The summed E-state index contributed by atoms with van der Waals surface area (Å²) >= 11 is 0. The number of aromatic nitrogens is 2. The molecule has 0 bridgehead atoms. The highest BCUT2D eigenvalue weighted by molar-refractivity contribution is 5.96. The first-order valence-electron chi connectivity index (χ1n) is 13.1. The second-order valence-electron chi connectivity index (χ2n) is 10.1. The zero-order valence-corrected chi connectivity index (χ0v) is 21.5. The Kier molecular flexibility index (Phi) is 7.15. The van der Waals surface area contributed by atoms with E-state index in [1.54, 1.807) is 4.68 Å². The topological polar surface area (TPSA) is 46.9 Å². The standard InChI is InChI=1S/C32H35N3O/c1-4-24-10-8-13-28(19-24)35-30(17-23(3)34-35)31(36)20-26-11-7-12-27(18-26)32(33-21-25-15-16-25)29-14-6-5-9-22(29)2/h5-14,17-19,25,32-33H,4,15-16,20-21H2,1-3H3. The van der Waals surface area contributed by atoms with Crippen LogP contribution in [-0.4, -0.2) is 22.1 Å². The predicted octanol–water partition coefficient (Wildman–Crippen LogP) is 6.57. The maximum Gasteiger partial charge on any atom is 0.185 e. The lowest BCUT2D eigenvalue weighted by atomic mass is 9.93. The van der Waals surface area contributed by atoms with E-state index in [9.17, 15) is 4.79 Å². The maximum absolute atomic E-state index is 13.5. The monoisotopic (exact) mass is 477 g/mol. The van der Waals surface area contributed by atoms with Crippen molar-refractivity contribution in [2.75, 3.05) is 6.54 Å². The van der Waals surface area contributed by atoms with E-state index in [-0.39, 0.29) is 11.8 Å². The molecule has 1 saturated carbocycles. The second kappa shape index (κ2) is 10.6. The maximum atomic E-state index is 13.5. The number of hydrogen-bond acceptors (Lipinski definition) is 3. The smallest absolute Gasteiger partial charge is 0.185 e. The SMILES string of the molecule is CCc1cccc(-n2nc(C)cc2C(=O)Cc2cccc(C(NCC3CC3)c3ccccc3C)c2)c1. The van der Waals surface area contributed by atoms with Crippen LogP contribution in [0.3, 0.4) is 0 Å². The lowest BCUT2D eigenvalue weighted by Gasteiger charge is -2.22. The third kappa shape index (κ3) is 5.50. The Morgan fingerprint density at radius 3 is 2.53 bits per heavy atom. The van der Waals surface area contributed by atoms with Gasteiger partial charge in [-0.1, -0.05) is 67.6 Å². The van der Waals surface area contributed by atoms with Crippen LogP contribution in [0.4, 0.5) is 0 Å². The number of nitrogens with one attached hydrogen (secondary N) is 1. The summed E-state index contributed by atoms with van der Waals surface area (Å²) in [5.74, 6) is 0.865. The lowest BCUT2D eigenvalue weighted by Crippen LogP contribution is -2.25. The Morgan fingerprint density at radius 1 is 0.972 bits per heavy atom. The third-order valence-corrected chi connectivity index (χ3v) is 7.14. The van der Waals surface area contributed by atoms with Crippen molar-refractivity contribution in [2.45, 2.75) is 52.5 Å². The predicted molar refractivity (Wildman–Crippen MR) is 146 cm³/mol. The molecular weight excluding hydrogens is 442 g/mol. The molecule has 0 amide bonds. The van der Waals surface area contributed by atoms with Gasteiger partial charge in [0.1, 0.15) is 5.69 Å². The average Bonchev–Trinajstić information content (AvgIpc) is 3.64. The fraction of sp³-hybridized carbons (Fsp3) is 0.312. The van der Waals surface area contributed by atoms with Crippen LogP contribution in [-0.2, 0) is 12.8 Å². The first kappa shape index (κ1) is 24.2. The number of carbonyl (C=O) groups excluding carboxylic acids is 1. The summed E-state index contributed by atoms with van der Waals surface area (Å²) in [6, 6.07) is 27.4. The minimum atomic E-state index is 0.0769. The molecule has 5 rings (SSSR count). The molecule has 1 fully saturated rings. The molecule has 36 heavy (non-hydrogen) atoms. The van der Waals surface area contributed by atoms with E-state index in [2.05, 4.69) is 84.9 Å². The minimum absolute atomic E-state index is 0.0769. The Morgan fingerprint density at radius 2 is 1.75 bits per heavy atom. The zero-order chi connectivity index (χ0) is 25.1. The number of hydrogen-bond donors (Lipinski definition) is 1. The molecular formula is C32H35N3O. The fourth-order valence-electron chi connectivity index (χ4n) is 4.89.